The summed E-state index contributed by atoms with van der Waals surface area (Å²) >= 11 is 2.88. The quantitative estimate of drug-likeness (QED) is 0.670. The van der Waals surface area contributed by atoms with Gasteiger partial charge >= 0.3 is 0 Å². The van der Waals surface area contributed by atoms with Gasteiger partial charge in [-0.15, -0.1) is 5.10 Å². The summed E-state index contributed by atoms with van der Waals surface area (Å²) in [6.45, 7) is 4.11. The van der Waals surface area contributed by atoms with Crippen molar-refractivity contribution in [2.75, 3.05) is 11.1 Å². The number of carbonyl (C=O) groups excluding carboxylic acids is 1. The second-order valence-corrected chi connectivity index (χ2v) is 8.60. The van der Waals surface area contributed by atoms with Gasteiger partial charge in [-0.05, 0) is 54.3 Å². The van der Waals surface area contributed by atoms with Gasteiger partial charge in [0.15, 0.2) is 5.13 Å². The number of aromatic nitrogens is 5. The molecule has 4 rings (SSSR count). The van der Waals surface area contributed by atoms with Crippen LogP contribution in [0.25, 0.3) is 10.2 Å². The Kier molecular flexibility index (Phi) is 4.90. The zero-order valence-electron chi connectivity index (χ0n) is 14.7. The minimum absolute atomic E-state index is 0.0931. The molecule has 0 saturated heterocycles. The van der Waals surface area contributed by atoms with Crippen molar-refractivity contribution in [2.24, 2.45) is 0 Å². The van der Waals surface area contributed by atoms with E-state index in [1.165, 1.54) is 41.5 Å². The van der Waals surface area contributed by atoms with Gasteiger partial charge in [0.25, 0.3) is 0 Å². The molecule has 2 aromatic heterocycles. The summed E-state index contributed by atoms with van der Waals surface area (Å²) in [7, 11) is 0. The maximum absolute atomic E-state index is 12.3. The number of carbonyl (C=O) groups is 1. The fourth-order valence-corrected chi connectivity index (χ4v) is 5.17. The SMILES string of the molecule is Cc1cc(C)c2nc(NC(=O)CSc3nnnn3C3CCCC3)sc2c1. The minimum Gasteiger partial charge on any atom is -0.301 e. The van der Waals surface area contributed by atoms with Crippen molar-refractivity contribution >= 4 is 44.4 Å². The van der Waals surface area contributed by atoms with Gasteiger partial charge in [0.05, 0.1) is 22.0 Å². The van der Waals surface area contributed by atoms with Gasteiger partial charge in [0.1, 0.15) is 0 Å². The Morgan fingerprint density at radius 2 is 2.15 bits per heavy atom. The third-order valence-electron chi connectivity index (χ3n) is 4.54. The summed E-state index contributed by atoms with van der Waals surface area (Å²) in [6.07, 6.45) is 4.64. The molecule has 1 N–H and O–H groups in total. The molecule has 1 aromatic carbocycles. The van der Waals surface area contributed by atoms with Crippen LogP contribution in [-0.2, 0) is 4.79 Å². The van der Waals surface area contributed by atoms with Crippen molar-refractivity contribution in [3.8, 4) is 0 Å². The van der Waals surface area contributed by atoms with Crippen LogP contribution in [0.3, 0.4) is 0 Å². The molecular formula is C17H20N6OS2. The van der Waals surface area contributed by atoms with Gasteiger partial charge in [-0.1, -0.05) is 42.0 Å². The largest absolute Gasteiger partial charge is 0.301 e. The highest BCUT2D eigenvalue weighted by Crippen LogP contribution is 2.32. The number of fused-ring (bicyclic) bond motifs is 1. The van der Waals surface area contributed by atoms with Crippen molar-refractivity contribution in [1.29, 1.82) is 0 Å². The summed E-state index contributed by atoms with van der Waals surface area (Å²) in [4.78, 5) is 16.9. The summed E-state index contributed by atoms with van der Waals surface area (Å²) in [5.41, 5.74) is 3.28. The van der Waals surface area contributed by atoms with Crippen molar-refractivity contribution in [1.82, 2.24) is 25.2 Å². The first-order valence-corrected chi connectivity index (χ1v) is 10.5. The van der Waals surface area contributed by atoms with E-state index in [2.05, 4.69) is 44.9 Å². The fraction of sp³-hybridized carbons (Fsp3) is 0.471. The molecule has 0 aliphatic heterocycles. The molecule has 9 heteroatoms. The maximum atomic E-state index is 12.3. The third kappa shape index (κ3) is 3.59. The highest BCUT2D eigenvalue weighted by Gasteiger charge is 2.22. The standard InChI is InChI=1S/C17H20N6OS2/c1-10-7-11(2)15-13(8-10)26-16(19-15)18-14(24)9-25-17-20-21-22-23(17)12-5-3-4-6-12/h7-8,12H,3-6,9H2,1-2H3,(H,18,19,24). The molecule has 1 fully saturated rings. The first kappa shape index (κ1) is 17.4. The summed E-state index contributed by atoms with van der Waals surface area (Å²) in [6, 6.07) is 4.57. The molecule has 0 atom stereocenters. The molecular weight excluding hydrogens is 368 g/mol. The Hall–Kier alpha value is -2.00. The van der Waals surface area contributed by atoms with Crippen LogP contribution in [0.1, 0.15) is 42.9 Å². The van der Waals surface area contributed by atoms with Crippen molar-refractivity contribution in [3.05, 3.63) is 23.3 Å². The highest BCUT2D eigenvalue weighted by molar-refractivity contribution is 7.99. The molecule has 1 aliphatic rings. The number of thioether (sulfide) groups is 1. The van der Waals surface area contributed by atoms with Gasteiger partial charge in [-0.2, -0.15) is 0 Å². The van der Waals surface area contributed by atoms with Crippen molar-refractivity contribution in [2.45, 2.75) is 50.7 Å². The average Bonchev–Trinajstić information content (AvgIpc) is 3.32. The Morgan fingerprint density at radius 1 is 1.35 bits per heavy atom. The molecule has 3 aromatic rings. The molecule has 136 valence electrons. The predicted molar refractivity (Wildman–Crippen MR) is 104 cm³/mol. The molecule has 0 unspecified atom stereocenters. The van der Waals surface area contributed by atoms with Crippen LogP contribution in [0.15, 0.2) is 17.3 Å². The Balaban J connectivity index is 1.40. The van der Waals surface area contributed by atoms with E-state index in [4.69, 9.17) is 0 Å². The van der Waals surface area contributed by atoms with Gasteiger partial charge in [0, 0.05) is 0 Å². The zero-order valence-corrected chi connectivity index (χ0v) is 16.4. The fourth-order valence-electron chi connectivity index (χ4n) is 3.37. The van der Waals surface area contributed by atoms with E-state index < -0.39 is 0 Å². The van der Waals surface area contributed by atoms with Crippen LogP contribution in [0.2, 0.25) is 0 Å². The topological polar surface area (TPSA) is 85.6 Å². The third-order valence-corrected chi connectivity index (χ3v) is 6.39. The highest BCUT2D eigenvalue weighted by atomic mass is 32.2. The maximum Gasteiger partial charge on any atom is 0.236 e. The molecule has 1 amide bonds. The van der Waals surface area contributed by atoms with Crippen LogP contribution in [0.4, 0.5) is 5.13 Å². The Morgan fingerprint density at radius 3 is 2.96 bits per heavy atom. The Bertz CT molecular complexity index is 944. The van der Waals surface area contributed by atoms with E-state index in [1.54, 1.807) is 0 Å². The number of nitrogens with zero attached hydrogens (tertiary/aromatic N) is 5. The van der Waals surface area contributed by atoms with E-state index in [1.807, 2.05) is 11.6 Å². The zero-order chi connectivity index (χ0) is 18.1. The average molecular weight is 389 g/mol. The van der Waals surface area contributed by atoms with Gasteiger partial charge < -0.3 is 5.32 Å². The van der Waals surface area contributed by atoms with Crippen LogP contribution in [0.5, 0.6) is 0 Å². The van der Waals surface area contributed by atoms with E-state index in [9.17, 15) is 4.79 Å². The van der Waals surface area contributed by atoms with Crippen LogP contribution in [0, 0.1) is 13.8 Å². The van der Waals surface area contributed by atoms with Crippen LogP contribution >= 0.6 is 23.1 Å². The number of aryl methyl sites for hydroxylation is 2. The summed E-state index contributed by atoms with van der Waals surface area (Å²) < 4.78 is 2.96. The predicted octanol–water partition coefficient (Wildman–Crippen LogP) is 3.75. The van der Waals surface area contributed by atoms with Crippen molar-refractivity contribution < 1.29 is 4.79 Å². The summed E-state index contributed by atoms with van der Waals surface area (Å²) in [5.74, 6) is 0.172. The molecule has 7 nitrogen and oxygen atoms in total. The lowest BCUT2D eigenvalue weighted by Gasteiger charge is -2.10. The number of amides is 1. The van der Waals surface area contributed by atoms with Gasteiger partial charge in [-0.25, -0.2) is 9.67 Å². The molecule has 0 spiro atoms. The number of nitrogens with one attached hydrogen (secondary N) is 1. The smallest absolute Gasteiger partial charge is 0.236 e. The molecule has 0 radical (unpaired) electrons. The second-order valence-electron chi connectivity index (χ2n) is 6.63. The summed E-state index contributed by atoms with van der Waals surface area (Å²) in [5, 5.41) is 16.2. The monoisotopic (exact) mass is 388 g/mol. The van der Waals surface area contributed by atoms with E-state index in [-0.39, 0.29) is 11.7 Å². The van der Waals surface area contributed by atoms with Crippen LogP contribution in [-0.4, -0.2) is 36.9 Å². The minimum atomic E-state index is -0.0931. The lowest BCUT2D eigenvalue weighted by atomic mass is 10.1. The van der Waals surface area contributed by atoms with Gasteiger partial charge in [-0.3, -0.25) is 4.79 Å². The molecule has 2 heterocycles. The lowest BCUT2D eigenvalue weighted by Crippen LogP contribution is -2.15. The number of anilines is 1. The first-order valence-electron chi connectivity index (χ1n) is 8.68. The number of hydrogen-bond acceptors (Lipinski definition) is 7. The van der Waals surface area contributed by atoms with E-state index in [0.29, 0.717) is 16.3 Å². The lowest BCUT2D eigenvalue weighted by molar-refractivity contribution is -0.113. The Labute approximate surface area is 159 Å². The number of thiazole rings is 1. The number of benzene rings is 1. The van der Waals surface area contributed by atoms with Crippen molar-refractivity contribution in [3.63, 3.8) is 0 Å². The second kappa shape index (κ2) is 7.32. The molecule has 1 aliphatic carbocycles. The van der Waals surface area contributed by atoms with Gasteiger partial charge in [0.2, 0.25) is 11.1 Å². The number of rotatable bonds is 5. The normalized spacial score (nSPS) is 15.0. The molecule has 0 bridgehead atoms. The molecule has 1 saturated carbocycles. The first-order chi connectivity index (χ1) is 12.6. The van der Waals surface area contributed by atoms with Crippen LogP contribution < -0.4 is 5.32 Å². The number of hydrogen-bond donors (Lipinski definition) is 1. The molecule has 26 heavy (non-hydrogen) atoms. The van der Waals surface area contributed by atoms with E-state index >= 15 is 0 Å². The number of tetrazole rings is 1. The van der Waals surface area contributed by atoms with E-state index in [0.717, 1.165) is 28.6 Å².